The van der Waals surface area contributed by atoms with E-state index in [1.165, 1.54) is 0 Å². The maximum atomic E-state index is 5.41. The molecular formula is C13H16N4O. The summed E-state index contributed by atoms with van der Waals surface area (Å²) < 4.78 is 5.41. The number of hydrogen-bond donors (Lipinski definition) is 1. The molecule has 1 N–H and O–H groups in total. The lowest BCUT2D eigenvalue weighted by atomic mass is 10.0. The van der Waals surface area contributed by atoms with Crippen molar-refractivity contribution in [3.05, 3.63) is 29.9 Å². The lowest BCUT2D eigenvalue weighted by molar-refractivity contribution is 0.345. The van der Waals surface area contributed by atoms with E-state index in [9.17, 15) is 0 Å². The summed E-state index contributed by atoms with van der Waals surface area (Å²) in [5.74, 6) is 1.72. The molecule has 1 fully saturated rings. The van der Waals surface area contributed by atoms with Crippen LogP contribution in [-0.4, -0.2) is 27.7 Å². The van der Waals surface area contributed by atoms with E-state index in [2.05, 4.69) is 27.4 Å². The van der Waals surface area contributed by atoms with E-state index in [0.717, 1.165) is 30.0 Å². The van der Waals surface area contributed by atoms with Crippen molar-refractivity contribution in [1.29, 1.82) is 0 Å². The molecule has 5 heteroatoms. The minimum absolute atomic E-state index is 0.327. The Hall–Kier alpha value is -1.75. The van der Waals surface area contributed by atoms with Gasteiger partial charge in [-0.15, -0.1) is 0 Å². The number of nitrogens with one attached hydrogen (secondary N) is 1. The van der Waals surface area contributed by atoms with Gasteiger partial charge in [0.2, 0.25) is 11.7 Å². The molecule has 3 rings (SSSR count). The van der Waals surface area contributed by atoms with E-state index in [1.807, 2.05) is 19.2 Å². The molecule has 0 spiro atoms. The summed E-state index contributed by atoms with van der Waals surface area (Å²) >= 11 is 0. The molecule has 0 bridgehead atoms. The van der Waals surface area contributed by atoms with Gasteiger partial charge in [-0.2, -0.15) is 4.98 Å². The van der Waals surface area contributed by atoms with E-state index in [4.69, 9.17) is 4.52 Å². The molecule has 0 aromatic carbocycles. The standard InChI is InChI=1S/C13H16N4O/c1-8-7-14-5-3-10(8)12-16-13(18-17-12)11-4-6-15-9(11)2/h3,5,7,9,11,15H,4,6H2,1-2H3. The van der Waals surface area contributed by atoms with E-state index in [1.54, 1.807) is 6.20 Å². The second-order valence-electron chi connectivity index (χ2n) is 4.78. The molecule has 0 amide bonds. The molecule has 1 aliphatic rings. The highest BCUT2D eigenvalue weighted by atomic mass is 16.5. The molecule has 2 unspecified atom stereocenters. The predicted molar refractivity (Wildman–Crippen MR) is 67.1 cm³/mol. The first-order chi connectivity index (χ1) is 8.75. The first-order valence-corrected chi connectivity index (χ1v) is 6.23. The van der Waals surface area contributed by atoms with Gasteiger partial charge in [-0.25, -0.2) is 0 Å². The molecular weight excluding hydrogens is 228 g/mol. The average molecular weight is 244 g/mol. The molecule has 1 saturated heterocycles. The van der Waals surface area contributed by atoms with Crippen LogP contribution in [0.5, 0.6) is 0 Å². The van der Waals surface area contributed by atoms with Gasteiger partial charge in [0.15, 0.2) is 0 Å². The van der Waals surface area contributed by atoms with Crippen molar-refractivity contribution in [1.82, 2.24) is 20.4 Å². The van der Waals surface area contributed by atoms with Crippen LogP contribution in [0.2, 0.25) is 0 Å². The summed E-state index contributed by atoms with van der Waals surface area (Å²) in [5.41, 5.74) is 2.04. The molecule has 0 saturated carbocycles. The molecule has 2 atom stereocenters. The van der Waals surface area contributed by atoms with Crippen LogP contribution in [-0.2, 0) is 0 Å². The Labute approximate surface area is 106 Å². The molecule has 0 aliphatic carbocycles. The first-order valence-electron chi connectivity index (χ1n) is 6.23. The Morgan fingerprint density at radius 3 is 3.06 bits per heavy atom. The maximum absolute atomic E-state index is 5.41. The zero-order chi connectivity index (χ0) is 12.5. The highest BCUT2D eigenvalue weighted by Gasteiger charge is 2.29. The van der Waals surface area contributed by atoms with Crippen LogP contribution in [0.25, 0.3) is 11.4 Å². The molecule has 2 aromatic heterocycles. The van der Waals surface area contributed by atoms with Gasteiger partial charge in [0.1, 0.15) is 0 Å². The summed E-state index contributed by atoms with van der Waals surface area (Å²) in [5, 5.41) is 7.48. The third kappa shape index (κ3) is 1.90. The minimum atomic E-state index is 0.327. The van der Waals surface area contributed by atoms with Crippen LogP contribution in [0.4, 0.5) is 0 Å². The Morgan fingerprint density at radius 1 is 1.44 bits per heavy atom. The molecule has 5 nitrogen and oxygen atoms in total. The smallest absolute Gasteiger partial charge is 0.231 e. The molecule has 0 radical (unpaired) electrons. The monoisotopic (exact) mass is 244 g/mol. The summed E-state index contributed by atoms with van der Waals surface area (Å²) in [6.45, 7) is 5.16. The largest absolute Gasteiger partial charge is 0.339 e. The molecule has 18 heavy (non-hydrogen) atoms. The highest BCUT2D eigenvalue weighted by Crippen LogP contribution is 2.28. The summed E-state index contributed by atoms with van der Waals surface area (Å²) in [4.78, 5) is 8.60. The van der Waals surface area contributed by atoms with E-state index in [0.29, 0.717) is 17.8 Å². The maximum Gasteiger partial charge on any atom is 0.231 e. The number of rotatable bonds is 2. The quantitative estimate of drug-likeness (QED) is 0.874. The number of pyridine rings is 1. The van der Waals surface area contributed by atoms with Crippen molar-refractivity contribution in [2.75, 3.05) is 6.54 Å². The molecule has 94 valence electrons. The number of aryl methyl sites for hydroxylation is 1. The Kier molecular flexibility index (Phi) is 2.83. The van der Waals surface area contributed by atoms with Gasteiger partial charge in [-0.3, -0.25) is 4.98 Å². The number of aromatic nitrogens is 3. The van der Waals surface area contributed by atoms with Crippen molar-refractivity contribution >= 4 is 0 Å². The van der Waals surface area contributed by atoms with Gasteiger partial charge in [0, 0.05) is 24.0 Å². The van der Waals surface area contributed by atoms with Crippen LogP contribution < -0.4 is 5.32 Å². The Bertz CT molecular complexity index is 551. The van der Waals surface area contributed by atoms with Gasteiger partial charge in [0.25, 0.3) is 0 Å². The van der Waals surface area contributed by atoms with Crippen molar-refractivity contribution in [2.45, 2.75) is 32.2 Å². The Balaban J connectivity index is 1.92. The second kappa shape index (κ2) is 4.49. The summed E-state index contributed by atoms with van der Waals surface area (Å²) in [6.07, 6.45) is 4.61. The molecule has 2 aromatic rings. The number of hydrogen-bond acceptors (Lipinski definition) is 5. The zero-order valence-electron chi connectivity index (χ0n) is 10.6. The highest BCUT2D eigenvalue weighted by molar-refractivity contribution is 5.58. The van der Waals surface area contributed by atoms with Crippen LogP contribution in [0, 0.1) is 6.92 Å². The van der Waals surface area contributed by atoms with Crippen LogP contribution >= 0.6 is 0 Å². The minimum Gasteiger partial charge on any atom is -0.339 e. The predicted octanol–water partition coefficient (Wildman–Crippen LogP) is 1.91. The van der Waals surface area contributed by atoms with Crippen LogP contribution in [0.3, 0.4) is 0 Å². The van der Waals surface area contributed by atoms with Gasteiger partial charge in [0.05, 0.1) is 5.92 Å². The third-order valence-electron chi connectivity index (χ3n) is 3.55. The van der Waals surface area contributed by atoms with E-state index in [-0.39, 0.29) is 0 Å². The fourth-order valence-electron chi connectivity index (χ4n) is 2.42. The molecule has 3 heterocycles. The van der Waals surface area contributed by atoms with Gasteiger partial charge >= 0.3 is 0 Å². The van der Waals surface area contributed by atoms with Crippen molar-refractivity contribution in [3.8, 4) is 11.4 Å². The fraction of sp³-hybridized carbons (Fsp3) is 0.462. The lowest BCUT2D eigenvalue weighted by Crippen LogP contribution is -2.21. The van der Waals surface area contributed by atoms with Crippen LogP contribution in [0.15, 0.2) is 23.0 Å². The van der Waals surface area contributed by atoms with Crippen molar-refractivity contribution in [3.63, 3.8) is 0 Å². The SMILES string of the molecule is Cc1cnccc1-c1noc(C2CCNC2C)n1. The Morgan fingerprint density at radius 2 is 2.33 bits per heavy atom. The summed E-state index contributed by atoms with van der Waals surface area (Å²) in [6, 6.07) is 2.32. The van der Waals surface area contributed by atoms with Crippen molar-refractivity contribution in [2.24, 2.45) is 0 Å². The normalized spacial score (nSPS) is 23.4. The van der Waals surface area contributed by atoms with E-state index < -0.39 is 0 Å². The van der Waals surface area contributed by atoms with Crippen molar-refractivity contribution < 1.29 is 4.52 Å². The topological polar surface area (TPSA) is 63.8 Å². The number of nitrogens with zero attached hydrogens (tertiary/aromatic N) is 3. The van der Waals surface area contributed by atoms with Crippen LogP contribution in [0.1, 0.15) is 30.7 Å². The zero-order valence-corrected chi connectivity index (χ0v) is 10.6. The van der Waals surface area contributed by atoms with Gasteiger partial charge in [-0.1, -0.05) is 5.16 Å². The molecule has 1 aliphatic heterocycles. The lowest BCUT2D eigenvalue weighted by Gasteiger charge is -2.08. The summed E-state index contributed by atoms with van der Waals surface area (Å²) in [7, 11) is 0. The second-order valence-corrected chi connectivity index (χ2v) is 4.78. The van der Waals surface area contributed by atoms with E-state index >= 15 is 0 Å². The van der Waals surface area contributed by atoms with Gasteiger partial charge < -0.3 is 9.84 Å². The average Bonchev–Trinajstić information content (AvgIpc) is 2.98. The fourth-order valence-corrected chi connectivity index (χ4v) is 2.42. The van der Waals surface area contributed by atoms with Gasteiger partial charge in [-0.05, 0) is 38.4 Å². The third-order valence-corrected chi connectivity index (χ3v) is 3.55. The first kappa shape index (κ1) is 11.3.